The van der Waals surface area contributed by atoms with Gasteiger partial charge in [-0.3, -0.25) is 0 Å². The summed E-state index contributed by atoms with van der Waals surface area (Å²) >= 11 is 6.01. The molecule has 3 aromatic rings. The van der Waals surface area contributed by atoms with E-state index in [1.165, 1.54) is 12.1 Å². The molecule has 0 aliphatic carbocycles. The molecule has 0 N–H and O–H groups in total. The zero-order valence-electron chi connectivity index (χ0n) is 14.6. The normalized spacial score (nSPS) is 15.0. The van der Waals surface area contributed by atoms with Gasteiger partial charge in [0.15, 0.2) is 0 Å². The van der Waals surface area contributed by atoms with Crippen molar-refractivity contribution in [2.45, 2.75) is 18.9 Å². The first-order valence-corrected chi connectivity index (χ1v) is 9.18. The van der Waals surface area contributed by atoms with Crippen molar-refractivity contribution in [1.82, 2.24) is 15.2 Å². The van der Waals surface area contributed by atoms with E-state index in [1.807, 2.05) is 24.3 Å². The molecule has 0 amide bonds. The number of aromatic nitrogens is 3. The van der Waals surface area contributed by atoms with Crippen molar-refractivity contribution in [3.8, 4) is 17.0 Å². The predicted octanol–water partition coefficient (Wildman–Crippen LogP) is 4.38. The molecule has 0 radical (unpaired) electrons. The van der Waals surface area contributed by atoms with Gasteiger partial charge in [-0.15, -0.1) is 5.10 Å². The van der Waals surface area contributed by atoms with Gasteiger partial charge in [-0.05, 0) is 42.5 Å². The maximum atomic E-state index is 13.1. The molecule has 4 rings (SSSR count). The molecule has 1 aromatic heterocycles. The lowest BCUT2D eigenvalue weighted by Gasteiger charge is -2.32. The summed E-state index contributed by atoms with van der Waals surface area (Å²) in [7, 11) is 0. The minimum absolute atomic E-state index is 0.132. The fraction of sp³-hybridized carbons (Fsp3) is 0.250. The Morgan fingerprint density at radius 2 is 1.85 bits per heavy atom. The van der Waals surface area contributed by atoms with Crippen molar-refractivity contribution in [1.29, 1.82) is 0 Å². The average Bonchev–Trinajstić information content (AvgIpc) is 2.69. The number of hydrogen-bond donors (Lipinski definition) is 0. The number of rotatable bonds is 4. The SMILES string of the molecule is Fc1ccc(-c2cnnc(N3CCC(Oc4cccc(Cl)c4)CC3)n2)cc1. The first kappa shape index (κ1) is 17.7. The van der Waals surface area contributed by atoms with Crippen LogP contribution in [0, 0.1) is 5.82 Å². The molecular weight excluding hydrogens is 367 g/mol. The summed E-state index contributed by atoms with van der Waals surface area (Å²) in [6, 6.07) is 13.7. The number of piperidine rings is 1. The van der Waals surface area contributed by atoms with E-state index >= 15 is 0 Å². The Morgan fingerprint density at radius 1 is 1.07 bits per heavy atom. The zero-order chi connectivity index (χ0) is 18.6. The number of nitrogens with zero attached hydrogens (tertiary/aromatic N) is 4. The van der Waals surface area contributed by atoms with Crippen molar-refractivity contribution in [2.24, 2.45) is 0 Å². The van der Waals surface area contributed by atoms with Crippen LogP contribution in [0.15, 0.2) is 54.7 Å². The third kappa shape index (κ3) is 4.34. The highest BCUT2D eigenvalue weighted by Crippen LogP contribution is 2.24. The van der Waals surface area contributed by atoms with Crippen LogP contribution in [0.4, 0.5) is 10.3 Å². The van der Waals surface area contributed by atoms with Crippen molar-refractivity contribution in [3.05, 3.63) is 65.6 Å². The topological polar surface area (TPSA) is 51.1 Å². The summed E-state index contributed by atoms with van der Waals surface area (Å²) in [4.78, 5) is 6.68. The van der Waals surface area contributed by atoms with Crippen molar-refractivity contribution < 1.29 is 9.13 Å². The van der Waals surface area contributed by atoms with E-state index in [0.717, 1.165) is 37.2 Å². The van der Waals surface area contributed by atoms with Crippen LogP contribution >= 0.6 is 11.6 Å². The van der Waals surface area contributed by atoms with E-state index in [2.05, 4.69) is 20.1 Å². The van der Waals surface area contributed by atoms with E-state index in [4.69, 9.17) is 16.3 Å². The molecule has 1 fully saturated rings. The van der Waals surface area contributed by atoms with Crippen LogP contribution in [0.1, 0.15) is 12.8 Å². The largest absolute Gasteiger partial charge is 0.490 e. The summed E-state index contributed by atoms with van der Waals surface area (Å²) < 4.78 is 19.1. The lowest BCUT2D eigenvalue weighted by Crippen LogP contribution is -2.39. The Morgan fingerprint density at radius 3 is 2.59 bits per heavy atom. The monoisotopic (exact) mass is 384 g/mol. The van der Waals surface area contributed by atoms with Crippen LogP contribution in [0.25, 0.3) is 11.3 Å². The van der Waals surface area contributed by atoms with Gasteiger partial charge in [0.05, 0.1) is 11.9 Å². The smallest absolute Gasteiger partial charge is 0.245 e. The summed E-state index contributed by atoms with van der Waals surface area (Å²) in [6.07, 6.45) is 3.44. The summed E-state index contributed by atoms with van der Waals surface area (Å²) in [5.41, 5.74) is 1.49. The first-order chi connectivity index (χ1) is 13.2. The molecule has 0 spiro atoms. The van der Waals surface area contributed by atoms with Gasteiger partial charge < -0.3 is 9.64 Å². The molecular formula is C20H18ClFN4O. The third-order valence-electron chi connectivity index (χ3n) is 4.51. The average molecular weight is 385 g/mol. The molecule has 1 saturated heterocycles. The second kappa shape index (κ2) is 7.88. The van der Waals surface area contributed by atoms with Crippen molar-refractivity contribution >= 4 is 17.5 Å². The van der Waals surface area contributed by atoms with E-state index < -0.39 is 0 Å². The molecule has 2 heterocycles. The molecule has 0 atom stereocenters. The molecule has 0 saturated carbocycles. The van der Waals surface area contributed by atoms with Crippen molar-refractivity contribution in [2.75, 3.05) is 18.0 Å². The molecule has 1 aliphatic heterocycles. The van der Waals surface area contributed by atoms with Crippen molar-refractivity contribution in [3.63, 3.8) is 0 Å². The van der Waals surface area contributed by atoms with Crippen LogP contribution in [0.2, 0.25) is 5.02 Å². The van der Waals surface area contributed by atoms with E-state index in [9.17, 15) is 4.39 Å². The molecule has 7 heteroatoms. The molecule has 138 valence electrons. The molecule has 0 bridgehead atoms. The third-order valence-corrected chi connectivity index (χ3v) is 4.75. The number of hydrogen-bond acceptors (Lipinski definition) is 5. The lowest BCUT2D eigenvalue weighted by molar-refractivity contribution is 0.170. The number of anilines is 1. The maximum absolute atomic E-state index is 13.1. The lowest BCUT2D eigenvalue weighted by atomic mass is 10.1. The minimum atomic E-state index is -0.275. The van der Waals surface area contributed by atoms with Gasteiger partial charge in [0.25, 0.3) is 0 Å². The highest BCUT2D eigenvalue weighted by Gasteiger charge is 2.23. The van der Waals surface area contributed by atoms with Gasteiger partial charge in [-0.1, -0.05) is 17.7 Å². The second-order valence-electron chi connectivity index (χ2n) is 6.41. The second-order valence-corrected chi connectivity index (χ2v) is 6.85. The zero-order valence-corrected chi connectivity index (χ0v) is 15.3. The standard InChI is InChI=1S/C20H18ClFN4O/c21-15-2-1-3-18(12-15)27-17-8-10-26(11-9-17)20-24-19(13-23-25-20)14-4-6-16(22)7-5-14/h1-7,12-13,17H,8-11H2. The van der Waals surface area contributed by atoms with Crippen LogP contribution in [-0.4, -0.2) is 34.4 Å². The van der Waals surface area contributed by atoms with Crippen LogP contribution < -0.4 is 9.64 Å². The van der Waals surface area contributed by atoms with Gasteiger partial charge in [0.1, 0.15) is 17.7 Å². The Balaban J connectivity index is 1.41. The number of benzene rings is 2. The number of halogens is 2. The number of ether oxygens (including phenoxy) is 1. The minimum Gasteiger partial charge on any atom is -0.490 e. The first-order valence-electron chi connectivity index (χ1n) is 8.80. The molecule has 27 heavy (non-hydrogen) atoms. The van der Waals surface area contributed by atoms with Crippen LogP contribution in [0.5, 0.6) is 5.75 Å². The highest BCUT2D eigenvalue weighted by atomic mass is 35.5. The summed E-state index contributed by atoms with van der Waals surface area (Å²) in [5.74, 6) is 1.10. The fourth-order valence-corrected chi connectivity index (χ4v) is 3.27. The molecule has 2 aromatic carbocycles. The quantitative estimate of drug-likeness (QED) is 0.668. The van der Waals surface area contributed by atoms with E-state index in [-0.39, 0.29) is 11.9 Å². The van der Waals surface area contributed by atoms with Gasteiger partial charge in [0, 0.05) is 36.5 Å². The predicted molar refractivity (Wildman–Crippen MR) is 103 cm³/mol. The summed E-state index contributed by atoms with van der Waals surface area (Å²) in [5, 5.41) is 8.89. The Bertz CT molecular complexity index is 914. The van der Waals surface area contributed by atoms with Gasteiger partial charge in [-0.25, -0.2) is 9.37 Å². The van der Waals surface area contributed by atoms with E-state index in [0.29, 0.717) is 16.7 Å². The van der Waals surface area contributed by atoms with Crippen LogP contribution in [-0.2, 0) is 0 Å². The molecule has 0 unspecified atom stereocenters. The van der Waals surface area contributed by atoms with E-state index in [1.54, 1.807) is 18.3 Å². The van der Waals surface area contributed by atoms with Gasteiger partial charge in [-0.2, -0.15) is 5.10 Å². The Hall–Kier alpha value is -2.73. The van der Waals surface area contributed by atoms with Crippen LogP contribution in [0.3, 0.4) is 0 Å². The molecule has 1 aliphatic rings. The highest BCUT2D eigenvalue weighted by molar-refractivity contribution is 6.30. The van der Waals surface area contributed by atoms with Gasteiger partial charge in [0.2, 0.25) is 5.95 Å². The fourth-order valence-electron chi connectivity index (χ4n) is 3.09. The summed E-state index contributed by atoms with van der Waals surface area (Å²) in [6.45, 7) is 1.56. The Labute approximate surface area is 161 Å². The molecule has 5 nitrogen and oxygen atoms in total. The maximum Gasteiger partial charge on any atom is 0.245 e. The van der Waals surface area contributed by atoms with Gasteiger partial charge >= 0.3 is 0 Å². The Kier molecular flexibility index (Phi) is 5.16.